The zero-order chi connectivity index (χ0) is 13.2. The minimum atomic E-state index is 0.470. The Kier molecular flexibility index (Phi) is 3.01. The predicted octanol–water partition coefficient (Wildman–Crippen LogP) is 3.29. The van der Waals surface area contributed by atoms with Crippen LogP contribution < -0.4 is 0 Å². The molecule has 0 N–H and O–H groups in total. The Labute approximate surface area is 115 Å². The second-order valence-electron chi connectivity index (χ2n) is 4.09. The highest BCUT2D eigenvalue weighted by atomic mass is 35.5. The molecule has 0 spiro atoms. The summed E-state index contributed by atoms with van der Waals surface area (Å²) in [5, 5.41) is 5.04. The maximum absolute atomic E-state index is 6.32. The topological polar surface area (TPSA) is 43.6 Å². The molecule has 3 rings (SSSR count). The summed E-state index contributed by atoms with van der Waals surface area (Å²) in [7, 11) is 0. The zero-order valence-corrected chi connectivity index (χ0v) is 11.0. The molecule has 0 bridgehead atoms. The molecule has 4 nitrogen and oxygen atoms in total. The van der Waals surface area contributed by atoms with Crippen LogP contribution in [-0.2, 0) is 0 Å². The minimum Gasteiger partial charge on any atom is -0.220 e. The molecule has 0 aliphatic rings. The van der Waals surface area contributed by atoms with Gasteiger partial charge in [0.2, 0.25) is 0 Å². The summed E-state index contributed by atoms with van der Waals surface area (Å²) in [6.45, 7) is 1.94. The van der Waals surface area contributed by atoms with Crippen molar-refractivity contribution in [2.45, 2.75) is 6.92 Å². The molecule has 0 saturated heterocycles. The van der Waals surface area contributed by atoms with Crippen LogP contribution in [0.15, 0.2) is 48.8 Å². The predicted molar refractivity (Wildman–Crippen MR) is 74.3 cm³/mol. The summed E-state index contributed by atoms with van der Waals surface area (Å²) in [6.07, 6.45) is 3.33. The highest BCUT2D eigenvalue weighted by molar-refractivity contribution is 6.30. The average molecular weight is 271 g/mol. The van der Waals surface area contributed by atoms with E-state index in [1.54, 1.807) is 23.1 Å². The number of rotatable bonds is 2. The lowest BCUT2D eigenvalue weighted by molar-refractivity contribution is 0.811. The summed E-state index contributed by atoms with van der Waals surface area (Å²) >= 11 is 6.32. The molecule has 0 unspecified atom stereocenters. The van der Waals surface area contributed by atoms with Crippen LogP contribution in [0.5, 0.6) is 0 Å². The first kappa shape index (κ1) is 11.9. The van der Waals surface area contributed by atoms with Crippen molar-refractivity contribution in [2.75, 3.05) is 0 Å². The van der Waals surface area contributed by atoms with E-state index in [2.05, 4.69) is 15.1 Å². The van der Waals surface area contributed by atoms with Crippen molar-refractivity contribution in [3.63, 3.8) is 0 Å². The molecule has 3 aromatic rings. The Morgan fingerprint density at radius 1 is 1.00 bits per heavy atom. The van der Waals surface area contributed by atoms with Crippen LogP contribution in [0.2, 0.25) is 5.15 Å². The normalized spacial score (nSPS) is 10.6. The first-order valence-electron chi connectivity index (χ1n) is 5.85. The number of hydrogen-bond donors (Lipinski definition) is 0. The lowest BCUT2D eigenvalue weighted by Crippen LogP contribution is -2.02. The van der Waals surface area contributed by atoms with E-state index in [4.69, 9.17) is 11.6 Å². The fourth-order valence-electron chi connectivity index (χ4n) is 1.88. The maximum atomic E-state index is 6.32. The highest BCUT2D eigenvalue weighted by Gasteiger charge is 2.16. The van der Waals surface area contributed by atoms with Gasteiger partial charge >= 0.3 is 0 Å². The van der Waals surface area contributed by atoms with Crippen molar-refractivity contribution in [3.05, 3.63) is 59.5 Å². The Bertz CT molecular complexity index is 632. The third-order valence-corrected chi connectivity index (χ3v) is 3.28. The van der Waals surface area contributed by atoms with Crippen LogP contribution >= 0.6 is 11.6 Å². The fraction of sp³-hybridized carbons (Fsp3) is 0.0714. The summed E-state index contributed by atoms with van der Waals surface area (Å²) < 4.78 is 1.55. The van der Waals surface area contributed by atoms with Gasteiger partial charge in [-0.2, -0.15) is 9.78 Å². The standard InChI is InChI=1S/C14H11ClN4/c1-10-12(11-6-3-2-4-7-11)18-19(13(10)15)14-16-8-5-9-17-14/h2-9H,1H3. The van der Waals surface area contributed by atoms with E-state index in [1.807, 2.05) is 37.3 Å². The van der Waals surface area contributed by atoms with E-state index in [-0.39, 0.29) is 0 Å². The van der Waals surface area contributed by atoms with Gasteiger partial charge in [0.1, 0.15) is 5.15 Å². The second-order valence-corrected chi connectivity index (χ2v) is 4.45. The molecule has 0 aliphatic carbocycles. The van der Waals surface area contributed by atoms with E-state index < -0.39 is 0 Å². The van der Waals surface area contributed by atoms with Gasteiger partial charge in [0, 0.05) is 23.5 Å². The van der Waals surface area contributed by atoms with Gasteiger partial charge in [-0.05, 0) is 13.0 Å². The van der Waals surface area contributed by atoms with E-state index in [1.165, 1.54) is 0 Å². The summed E-state index contributed by atoms with van der Waals surface area (Å²) in [5.41, 5.74) is 2.79. The van der Waals surface area contributed by atoms with Gasteiger partial charge in [0.25, 0.3) is 5.95 Å². The molecular weight excluding hydrogens is 260 g/mol. The molecule has 0 amide bonds. The van der Waals surface area contributed by atoms with Crippen molar-refractivity contribution in [2.24, 2.45) is 0 Å². The SMILES string of the molecule is Cc1c(-c2ccccc2)nn(-c2ncccn2)c1Cl. The first-order chi connectivity index (χ1) is 9.27. The van der Waals surface area contributed by atoms with Gasteiger partial charge in [-0.15, -0.1) is 0 Å². The molecule has 0 saturated carbocycles. The molecule has 0 aliphatic heterocycles. The van der Waals surface area contributed by atoms with Gasteiger partial charge in [0.15, 0.2) is 0 Å². The molecule has 2 heterocycles. The number of nitrogens with zero attached hydrogens (tertiary/aromatic N) is 4. The molecular formula is C14H11ClN4. The Hall–Kier alpha value is -2.20. The quantitative estimate of drug-likeness (QED) is 0.718. The highest BCUT2D eigenvalue weighted by Crippen LogP contribution is 2.28. The Balaban J connectivity index is 2.16. The Morgan fingerprint density at radius 2 is 1.68 bits per heavy atom. The number of halogens is 1. The number of benzene rings is 1. The molecule has 94 valence electrons. The average Bonchev–Trinajstić information content (AvgIpc) is 2.77. The maximum Gasteiger partial charge on any atom is 0.251 e. The summed E-state index contributed by atoms with van der Waals surface area (Å²) in [6, 6.07) is 11.7. The Morgan fingerprint density at radius 3 is 2.37 bits per heavy atom. The van der Waals surface area contributed by atoms with E-state index >= 15 is 0 Å². The number of aromatic nitrogens is 4. The fourth-order valence-corrected chi connectivity index (χ4v) is 2.08. The summed E-state index contributed by atoms with van der Waals surface area (Å²) in [4.78, 5) is 8.33. The van der Waals surface area contributed by atoms with Gasteiger partial charge < -0.3 is 0 Å². The van der Waals surface area contributed by atoms with Crippen molar-refractivity contribution in [1.29, 1.82) is 0 Å². The molecule has 0 fully saturated rings. The van der Waals surface area contributed by atoms with Crippen LogP contribution in [-0.4, -0.2) is 19.7 Å². The largest absolute Gasteiger partial charge is 0.251 e. The van der Waals surface area contributed by atoms with Gasteiger partial charge in [-0.3, -0.25) is 0 Å². The lowest BCUT2D eigenvalue weighted by Gasteiger charge is -1.99. The van der Waals surface area contributed by atoms with Gasteiger partial charge in [-0.25, -0.2) is 9.97 Å². The van der Waals surface area contributed by atoms with Crippen LogP contribution in [0.25, 0.3) is 17.2 Å². The van der Waals surface area contributed by atoms with Gasteiger partial charge in [-0.1, -0.05) is 41.9 Å². The molecule has 0 atom stereocenters. The molecule has 0 radical (unpaired) electrons. The van der Waals surface area contributed by atoms with Crippen LogP contribution in [0.4, 0.5) is 0 Å². The molecule has 1 aromatic carbocycles. The van der Waals surface area contributed by atoms with Crippen molar-refractivity contribution >= 4 is 11.6 Å². The first-order valence-corrected chi connectivity index (χ1v) is 6.23. The van der Waals surface area contributed by atoms with E-state index in [0.717, 1.165) is 16.8 Å². The third-order valence-electron chi connectivity index (χ3n) is 2.84. The summed E-state index contributed by atoms with van der Waals surface area (Å²) in [5.74, 6) is 0.470. The molecule has 2 aromatic heterocycles. The van der Waals surface area contributed by atoms with E-state index in [0.29, 0.717) is 11.1 Å². The van der Waals surface area contributed by atoms with Crippen LogP contribution in [0, 0.1) is 6.92 Å². The molecule has 19 heavy (non-hydrogen) atoms. The van der Waals surface area contributed by atoms with Crippen molar-refractivity contribution in [1.82, 2.24) is 19.7 Å². The third kappa shape index (κ3) is 2.11. The number of hydrogen-bond acceptors (Lipinski definition) is 3. The van der Waals surface area contributed by atoms with Crippen molar-refractivity contribution in [3.8, 4) is 17.2 Å². The zero-order valence-electron chi connectivity index (χ0n) is 10.3. The second kappa shape index (κ2) is 4.82. The van der Waals surface area contributed by atoms with Gasteiger partial charge in [0.05, 0.1) is 5.69 Å². The van der Waals surface area contributed by atoms with Crippen LogP contribution in [0.3, 0.4) is 0 Å². The van der Waals surface area contributed by atoms with Crippen molar-refractivity contribution < 1.29 is 0 Å². The van der Waals surface area contributed by atoms with E-state index in [9.17, 15) is 0 Å². The smallest absolute Gasteiger partial charge is 0.220 e. The monoisotopic (exact) mass is 270 g/mol. The molecule has 5 heteroatoms. The van der Waals surface area contributed by atoms with Crippen LogP contribution in [0.1, 0.15) is 5.56 Å². The lowest BCUT2D eigenvalue weighted by atomic mass is 10.1. The minimum absolute atomic E-state index is 0.470.